The van der Waals surface area contributed by atoms with Gasteiger partial charge in [0.2, 0.25) is 5.13 Å². The van der Waals surface area contributed by atoms with Gasteiger partial charge < -0.3 is 4.74 Å². The first-order valence-electron chi connectivity index (χ1n) is 8.75. The maximum Gasteiger partial charge on any atom is 0.257 e. The van der Waals surface area contributed by atoms with E-state index in [-0.39, 0.29) is 11.7 Å². The molecule has 1 N–H and O–H groups in total. The molecule has 0 fully saturated rings. The van der Waals surface area contributed by atoms with Gasteiger partial charge in [-0.15, -0.1) is 10.2 Å². The van der Waals surface area contributed by atoms with E-state index in [1.165, 1.54) is 29.2 Å². The minimum atomic E-state index is -0.266. The molecule has 0 aliphatic heterocycles. The number of hydrogen-bond donors (Lipinski definition) is 1. The first-order valence-corrected chi connectivity index (χ1v) is 10.6. The molecule has 5 nitrogen and oxygen atoms in total. The van der Waals surface area contributed by atoms with Crippen LogP contribution in [0.2, 0.25) is 0 Å². The summed E-state index contributed by atoms with van der Waals surface area (Å²) in [6.45, 7) is 4.78. The topological polar surface area (TPSA) is 64.1 Å². The standard InChI is InChI=1S/C20H20FN3O2S2/c1-13(2)11-26-16-9-7-14(8-10-16)18(25)22-19-23-24-20(28-19)27-12-15-5-3-4-6-17(15)21/h3-10,13H,11-12H2,1-2H3,(H,22,23,25). The fourth-order valence-electron chi connectivity index (χ4n) is 2.21. The number of nitrogens with zero attached hydrogens (tertiary/aromatic N) is 2. The van der Waals surface area contributed by atoms with Crippen molar-refractivity contribution in [1.29, 1.82) is 0 Å². The second-order valence-corrected chi connectivity index (χ2v) is 8.64. The SMILES string of the molecule is CC(C)COc1ccc(C(=O)Nc2nnc(SCc3ccccc3F)s2)cc1. The fraction of sp³-hybridized carbons (Fsp3) is 0.250. The van der Waals surface area contributed by atoms with Crippen LogP contribution >= 0.6 is 23.1 Å². The summed E-state index contributed by atoms with van der Waals surface area (Å²) in [5, 5.41) is 11.2. The van der Waals surface area contributed by atoms with E-state index in [9.17, 15) is 9.18 Å². The van der Waals surface area contributed by atoms with Gasteiger partial charge in [0.1, 0.15) is 11.6 Å². The fourth-order valence-corrected chi connectivity index (χ4v) is 3.94. The van der Waals surface area contributed by atoms with Gasteiger partial charge in [-0.25, -0.2) is 4.39 Å². The number of benzene rings is 2. The molecule has 3 rings (SSSR count). The summed E-state index contributed by atoms with van der Waals surface area (Å²) in [6, 6.07) is 13.6. The van der Waals surface area contributed by atoms with Crippen LogP contribution in [0.25, 0.3) is 0 Å². The van der Waals surface area contributed by atoms with Crippen LogP contribution in [0.15, 0.2) is 52.9 Å². The number of halogens is 1. The number of aromatic nitrogens is 2. The lowest BCUT2D eigenvalue weighted by molar-refractivity contribution is 0.102. The van der Waals surface area contributed by atoms with Gasteiger partial charge in [0.25, 0.3) is 5.91 Å². The molecular weight excluding hydrogens is 397 g/mol. The highest BCUT2D eigenvalue weighted by Gasteiger charge is 2.12. The van der Waals surface area contributed by atoms with E-state index in [1.807, 2.05) is 0 Å². The normalized spacial score (nSPS) is 10.9. The Balaban J connectivity index is 1.54. The number of carbonyl (C=O) groups excluding carboxylic acids is 1. The Labute approximate surface area is 171 Å². The van der Waals surface area contributed by atoms with Crippen molar-refractivity contribution in [3.63, 3.8) is 0 Å². The molecule has 3 aromatic rings. The molecule has 8 heteroatoms. The van der Waals surface area contributed by atoms with Gasteiger partial charge >= 0.3 is 0 Å². The van der Waals surface area contributed by atoms with Crippen molar-refractivity contribution in [1.82, 2.24) is 10.2 Å². The number of carbonyl (C=O) groups is 1. The van der Waals surface area contributed by atoms with Gasteiger partial charge in [-0.2, -0.15) is 0 Å². The highest BCUT2D eigenvalue weighted by Crippen LogP contribution is 2.29. The molecule has 0 unspecified atom stereocenters. The summed E-state index contributed by atoms with van der Waals surface area (Å²) >= 11 is 2.64. The minimum absolute atomic E-state index is 0.242. The molecule has 0 radical (unpaired) electrons. The molecule has 28 heavy (non-hydrogen) atoms. The Morgan fingerprint density at radius 3 is 2.64 bits per heavy atom. The summed E-state index contributed by atoms with van der Waals surface area (Å²) in [5.74, 6) is 1.11. The molecule has 0 aliphatic rings. The third kappa shape index (κ3) is 5.77. The molecule has 0 saturated heterocycles. The molecule has 1 heterocycles. The Hall–Kier alpha value is -2.45. The lowest BCUT2D eigenvalue weighted by atomic mass is 10.2. The van der Waals surface area contributed by atoms with Crippen LogP contribution in [0.1, 0.15) is 29.8 Å². The van der Waals surface area contributed by atoms with Gasteiger partial charge in [0, 0.05) is 11.3 Å². The van der Waals surface area contributed by atoms with Crippen molar-refractivity contribution < 1.29 is 13.9 Å². The Kier molecular flexibility index (Phi) is 7.00. The van der Waals surface area contributed by atoms with Crippen molar-refractivity contribution in [3.05, 3.63) is 65.5 Å². The first-order chi connectivity index (χ1) is 13.5. The Morgan fingerprint density at radius 2 is 1.93 bits per heavy atom. The summed E-state index contributed by atoms with van der Waals surface area (Å²) in [7, 11) is 0. The number of ether oxygens (including phenoxy) is 1. The van der Waals surface area contributed by atoms with E-state index in [2.05, 4.69) is 29.4 Å². The third-order valence-corrected chi connectivity index (χ3v) is 5.66. The van der Waals surface area contributed by atoms with Gasteiger partial charge in [-0.05, 0) is 41.8 Å². The molecule has 0 spiro atoms. The van der Waals surface area contributed by atoms with Crippen LogP contribution in [-0.2, 0) is 5.75 Å². The minimum Gasteiger partial charge on any atom is -0.493 e. The maximum absolute atomic E-state index is 13.7. The monoisotopic (exact) mass is 417 g/mol. The largest absolute Gasteiger partial charge is 0.493 e. The summed E-state index contributed by atoms with van der Waals surface area (Å²) in [6.07, 6.45) is 0. The lowest BCUT2D eigenvalue weighted by Gasteiger charge is -2.09. The van der Waals surface area contributed by atoms with Crippen molar-refractivity contribution >= 4 is 34.1 Å². The second kappa shape index (κ2) is 9.66. The third-order valence-electron chi connectivity index (χ3n) is 3.64. The van der Waals surface area contributed by atoms with Crippen molar-refractivity contribution in [2.24, 2.45) is 5.92 Å². The molecule has 146 valence electrons. The maximum atomic E-state index is 13.7. The highest BCUT2D eigenvalue weighted by molar-refractivity contribution is 8.00. The van der Waals surface area contributed by atoms with Crippen LogP contribution in [0.5, 0.6) is 5.75 Å². The van der Waals surface area contributed by atoms with E-state index in [0.29, 0.717) is 38.9 Å². The predicted molar refractivity (Wildman–Crippen MR) is 111 cm³/mol. The molecule has 0 atom stereocenters. The zero-order valence-corrected chi connectivity index (χ0v) is 17.1. The molecule has 1 amide bonds. The number of anilines is 1. The van der Waals surface area contributed by atoms with Crippen LogP contribution in [-0.4, -0.2) is 22.7 Å². The Morgan fingerprint density at radius 1 is 1.18 bits per heavy atom. The number of rotatable bonds is 8. The first kappa shape index (κ1) is 20.3. The predicted octanol–water partition coefficient (Wildman–Crippen LogP) is 5.26. The van der Waals surface area contributed by atoms with Crippen LogP contribution < -0.4 is 10.1 Å². The van der Waals surface area contributed by atoms with Gasteiger partial charge in [0.15, 0.2) is 4.34 Å². The molecule has 1 aromatic heterocycles. The van der Waals surface area contributed by atoms with Gasteiger partial charge in [0.05, 0.1) is 6.61 Å². The number of hydrogen-bond acceptors (Lipinski definition) is 6. The number of thioether (sulfide) groups is 1. The zero-order chi connectivity index (χ0) is 19.9. The van der Waals surface area contributed by atoms with E-state index in [0.717, 1.165) is 5.75 Å². The lowest BCUT2D eigenvalue weighted by Crippen LogP contribution is -2.11. The zero-order valence-electron chi connectivity index (χ0n) is 15.5. The van der Waals surface area contributed by atoms with E-state index in [1.54, 1.807) is 42.5 Å². The van der Waals surface area contributed by atoms with Crippen molar-refractivity contribution in [3.8, 4) is 5.75 Å². The van der Waals surface area contributed by atoms with Crippen LogP contribution in [0.3, 0.4) is 0 Å². The molecule has 0 bridgehead atoms. The average molecular weight is 418 g/mol. The molecular formula is C20H20FN3O2S2. The Bertz CT molecular complexity index is 929. The van der Waals surface area contributed by atoms with Crippen molar-refractivity contribution in [2.45, 2.75) is 23.9 Å². The summed E-state index contributed by atoms with van der Waals surface area (Å²) < 4.78 is 19.9. The molecule has 0 saturated carbocycles. The summed E-state index contributed by atoms with van der Waals surface area (Å²) in [5.41, 5.74) is 1.11. The molecule has 0 aliphatic carbocycles. The van der Waals surface area contributed by atoms with E-state index >= 15 is 0 Å². The van der Waals surface area contributed by atoms with Gasteiger partial charge in [-0.1, -0.05) is 55.1 Å². The van der Waals surface area contributed by atoms with Crippen LogP contribution in [0.4, 0.5) is 9.52 Å². The van der Waals surface area contributed by atoms with Crippen LogP contribution in [0, 0.1) is 11.7 Å². The average Bonchev–Trinajstić information content (AvgIpc) is 3.13. The second-order valence-electron chi connectivity index (χ2n) is 6.44. The number of amides is 1. The van der Waals surface area contributed by atoms with Gasteiger partial charge in [-0.3, -0.25) is 10.1 Å². The van der Waals surface area contributed by atoms with Crippen molar-refractivity contribution in [2.75, 3.05) is 11.9 Å². The highest BCUT2D eigenvalue weighted by atomic mass is 32.2. The molecule has 2 aromatic carbocycles. The smallest absolute Gasteiger partial charge is 0.257 e. The van der Waals surface area contributed by atoms with E-state index in [4.69, 9.17) is 4.74 Å². The quantitative estimate of drug-likeness (QED) is 0.400. The van der Waals surface area contributed by atoms with E-state index < -0.39 is 0 Å². The number of nitrogens with one attached hydrogen (secondary N) is 1. The summed E-state index contributed by atoms with van der Waals surface area (Å²) in [4.78, 5) is 12.4.